The monoisotopic (exact) mass is 289 g/mol. The third kappa shape index (κ3) is 4.65. The predicted molar refractivity (Wildman–Crippen MR) is 68.1 cm³/mol. The van der Waals surface area contributed by atoms with Gasteiger partial charge in [-0.1, -0.05) is 6.07 Å². The van der Waals surface area contributed by atoms with Gasteiger partial charge in [0.2, 0.25) is 0 Å². The van der Waals surface area contributed by atoms with Crippen molar-refractivity contribution in [3.63, 3.8) is 0 Å². The lowest BCUT2D eigenvalue weighted by atomic mass is 9.99. The molecule has 0 radical (unpaired) electrons. The zero-order chi connectivity index (χ0) is 15.1. The molecular weight excluding hydrogens is 272 g/mol. The van der Waals surface area contributed by atoms with Gasteiger partial charge in [-0.15, -0.1) is 0 Å². The quantitative estimate of drug-likeness (QED) is 0.763. The Morgan fingerprint density at radius 3 is 2.60 bits per heavy atom. The number of hydrogen-bond acceptors (Lipinski definition) is 4. The maximum absolute atomic E-state index is 12.2. The van der Waals surface area contributed by atoms with Crippen LogP contribution in [-0.2, 0) is 11.2 Å². The maximum Gasteiger partial charge on any atom is 0.387 e. The number of rotatable bonds is 8. The summed E-state index contributed by atoms with van der Waals surface area (Å²) in [5.74, 6) is -1.65. The van der Waals surface area contributed by atoms with Crippen LogP contribution in [0.2, 0.25) is 0 Å². The molecule has 1 rings (SSSR count). The van der Waals surface area contributed by atoms with Crippen molar-refractivity contribution in [3.8, 4) is 11.5 Å². The minimum atomic E-state index is -2.95. The standard InChI is InChI=1S/C13H17F2NO4/c1-2-19-11-6-8(5-9(7-16)12(17)18)3-4-10(11)20-13(14)15/h3-4,6,9,13H,2,5,7,16H2,1H3,(H,17,18). The van der Waals surface area contributed by atoms with Gasteiger partial charge in [0.15, 0.2) is 11.5 Å². The molecule has 20 heavy (non-hydrogen) atoms. The van der Waals surface area contributed by atoms with E-state index in [0.29, 0.717) is 5.56 Å². The van der Waals surface area contributed by atoms with Crippen molar-refractivity contribution < 1.29 is 28.2 Å². The number of nitrogens with two attached hydrogens (primary N) is 1. The van der Waals surface area contributed by atoms with E-state index in [0.717, 1.165) is 0 Å². The fourth-order valence-corrected chi connectivity index (χ4v) is 1.70. The minimum absolute atomic E-state index is 0.00537. The van der Waals surface area contributed by atoms with Gasteiger partial charge in [-0.25, -0.2) is 0 Å². The Bertz CT molecular complexity index is 454. The van der Waals surface area contributed by atoms with Crippen molar-refractivity contribution in [2.45, 2.75) is 20.0 Å². The summed E-state index contributed by atoms with van der Waals surface area (Å²) < 4.78 is 34.0. The van der Waals surface area contributed by atoms with Crippen LogP contribution >= 0.6 is 0 Å². The van der Waals surface area contributed by atoms with Gasteiger partial charge in [0, 0.05) is 6.54 Å². The van der Waals surface area contributed by atoms with Gasteiger partial charge in [0.25, 0.3) is 0 Å². The second kappa shape index (κ2) is 7.64. The first-order valence-electron chi connectivity index (χ1n) is 6.11. The van der Waals surface area contributed by atoms with E-state index in [1.54, 1.807) is 6.92 Å². The lowest BCUT2D eigenvalue weighted by molar-refractivity contribution is -0.141. The number of aliphatic carboxylic acids is 1. The molecule has 0 saturated heterocycles. The second-order valence-corrected chi connectivity index (χ2v) is 4.07. The molecule has 112 valence electrons. The van der Waals surface area contributed by atoms with Crippen LogP contribution in [0.5, 0.6) is 11.5 Å². The first-order chi connectivity index (χ1) is 9.47. The molecule has 0 amide bonds. The fourth-order valence-electron chi connectivity index (χ4n) is 1.70. The molecule has 7 heteroatoms. The highest BCUT2D eigenvalue weighted by molar-refractivity contribution is 5.70. The highest BCUT2D eigenvalue weighted by Crippen LogP contribution is 2.30. The van der Waals surface area contributed by atoms with E-state index >= 15 is 0 Å². The van der Waals surface area contributed by atoms with Gasteiger partial charge in [0.05, 0.1) is 12.5 Å². The van der Waals surface area contributed by atoms with Crippen LogP contribution in [0.25, 0.3) is 0 Å². The largest absolute Gasteiger partial charge is 0.490 e. The van der Waals surface area contributed by atoms with Gasteiger partial charge in [-0.05, 0) is 31.0 Å². The average Bonchev–Trinajstić information content (AvgIpc) is 2.38. The molecule has 1 atom stereocenters. The number of benzene rings is 1. The smallest absolute Gasteiger partial charge is 0.387 e. The Balaban J connectivity index is 2.94. The molecule has 1 aromatic carbocycles. The molecule has 1 aromatic rings. The third-order valence-electron chi connectivity index (χ3n) is 2.64. The van der Waals surface area contributed by atoms with E-state index in [4.69, 9.17) is 15.6 Å². The highest BCUT2D eigenvalue weighted by atomic mass is 19.3. The molecule has 0 aliphatic carbocycles. The van der Waals surface area contributed by atoms with Crippen LogP contribution in [0.3, 0.4) is 0 Å². The lowest BCUT2D eigenvalue weighted by Gasteiger charge is -2.14. The SMILES string of the molecule is CCOc1cc(CC(CN)C(=O)O)ccc1OC(F)F. The molecule has 0 bridgehead atoms. The molecule has 0 aromatic heterocycles. The van der Waals surface area contributed by atoms with E-state index < -0.39 is 18.5 Å². The van der Waals surface area contributed by atoms with Crippen LogP contribution in [-0.4, -0.2) is 30.8 Å². The molecule has 0 heterocycles. The molecule has 3 N–H and O–H groups in total. The lowest BCUT2D eigenvalue weighted by Crippen LogP contribution is -2.25. The number of alkyl halides is 2. The number of halogens is 2. The maximum atomic E-state index is 12.2. The summed E-state index contributed by atoms with van der Waals surface area (Å²) in [7, 11) is 0. The number of carboxylic acids is 1. The Labute approximate surface area is 115 Å². The zero-order valence-electron chi connectivity index (χ0n) is 11.0. The summed E-state index contributed by atoms with van der Waals surface area (Å²) in [6, 6.07) is 4.35. The van der Waals surface area contributed by atoms with E-state index in [-0.39, 0.29) is 31.1 Å². The minimum Gasteiger partial charge on any atom is -0.490 e. The van der Waals surface area contributed by atoms with Gasteiger partial charge >= 0.3 is 12.6 Å². The molecule has 0 spiro atoms. The van der Waals surface area contributed by atoms with E-state index in [1.807, 2.05) is 0 Å². The molecule has 0 aliphatic rings. The highest BCUT2D eigenvalue weighted by Gasteiger charge is 2.18. The summed E-state index contributed by atoms with van der Waals surface area (Å²) in [6.45, 7) is -0.966. The molecular formula is C13H17F2NO4. The van der Waals surface area contributed by atoms with Crippen molar-refractivity contribution in [1.82, 2.24) is 0 Å². The molecule has 0 aliphatic heterocycles. The summed E-state index contributed by atoms with van der Waals surface area (Å²) in [5, 5.41) is 8.95. The number of hydrogen-bond donors (Lipinski definition) is 2. The molecule has 1 unspecified atom stereocenters. The number of ether oxygens (including phenoxy) is 2. The normalized spacial score (nSPS) is 12.2. The van der Waals surface area contributed by atoms with E-state index in [9.17, 15) is 13.6 Å². The zero-order valence-corrected chi connectivity index (χ0v) is 11.0. The third-order valence-corrected chi connectivity index (χ3v) is 2.64. The van der Waals surface area contributed by atoms with Crippen molar-refractivity contribution in [2.75, 3.05) is 13.2 Å². The first kappa shape index (κ1) is 16.2. The predicted octanol–water partition coefficient (Wildman–Crippen LogP) is 1.89. The van der Waals surface area contributed by atoms with E-state index in [2.05, 4.69) is 4.74 Å². The summed E-state index contributed by atoms with van der Waals surface area (Å²) in [5.41, 5.74) is 6.01. The van der Waals surface area contributed by atoms with Gasteiger partial charge in [-0.2, -0.15) is 8.78 Å². The van der Waals surface area contributed by atoms with Crippen molar-refractivity contribution in [3.05, 3.63) is 23.8 Å². The van der Waals surface area contributed by atoms with Crippen LogP contribution in [0.1, 0.15) is 12.5 Å². The van der Waals surface area contributed by atoms with Crippen molar-refractivity contribution >= 4 is 5.97 Å². The van der Waals surface area contributed by atoms with Gasteiger partial charge in [-0.3, -0.25) is 4.79 Å². The molecule has 0 fully saturated rings. The average molecular weight is 289 g/mol. The van der Waals surface area contributed by atoms with Crippen LogP contribution in [0.4, 0.5) is 8.78 Å². The fraction of sp³-hybridized carbons (Fsp3) is 0.462. The Morgan fingerprint density at radius 2 is 2.10 bits per heavy atom. The molecule has 0 saturated carbocycles. The summed E-state index contributed by atoms with van der Waals surface area (Å²) in [6.07, 6.45) is 0.195. The first-order valence-corrected chi connectivity index (χ1v) is 6.11. The van der Waals surface area contributed by atoms with Crippen molar-refractivity contribution in [1.29, 1.82) is 0 Å². The Morgan fingerprint density at radius 1 is 1.40 bits per heavy atom. The molecule has 5 nitrogen and oxygen atoms in total. The van der Waals surface area contributed by atoms with Crippen LogP contribution in [0, 0.1) is 5.92 Å². The van der Waals surface area contributed by atoms with Gasteiger partial charge < -0.3 is 20.3 Å². The second-order valence-electron chi connectivity index (χ2n) is 4.07. The van der Waals surface area contributed by atoms with Gasteiger partial charge in [0.1, 0.15) is 0 Å². The Kier molecular flexibility index (Phi) is 6.17. The Hall–Kier alpha value is -1.89. The summed E-state index contributed by atoms with van der Waals surface area (Å²) >= 11 is 0. The number of carbonyl (C=O) groups is 1. The van der Waals surface area contributed by atoms with Crippen LogP contribution in [0.15, 0.2) is 18.2 Å². The van der Waals surface area contributed by atoms with Crippen LogP contribution < -0.4 is 15.2 Å². The topological polar surface area (TPSA) is 81.8 Å². The van der Waals surface area contributed by atoms with Crippen molar-refractivity contribution in [2.24, 2.45) is 11.7 Å². The van der Waals surface area contributed by atoms with E-state index in [1.165, 1.54) is 18.2 Å². The summed E-state index contributed by atoms with van der Waals surface area (Å²) in [4.78, 5) is 10.9. The number of carboxylic acid groups (broad SMARTS) is 1.